The van der Waals surface area contributed by atoms with Crippen molar-refractivity contribution in [2.24, 2.45) is 0 Å². The van der Waals surface area contributed by atoms with E-state index in [0.717, 1.165) is 19.6 Å². The molecule has 0 radical (unpaired) electrons. The zero-order valence-corrected chi connectivity index (χ0v) is 15.6. The SMILES string of the molecule is Cc1ccc(CN(Cc2ccc(C)cc2)CC2CCCN2)cc1.Cl. The third-order valence-corrected chi connectivity index (χ3v) is 4.69. The average Bonchev–Trinajstić information content (AvgIpc) is 3.05. The average molecular weight is 345 g/mol. The number of hydrogen-bond donors (Lipinski definition) is 1. The quantitative estimate of drug-likeness (QED) is 0.831. The highest BCUT2D eigenvalue weighted by molar-refractivity contribution is 5.85. The fourth-order valence-corrected chi connectivity index (χ4v) is 3.31. The molecule has 3 rings (SSSR count). The Kier molecular flexibility index (Phi) is 7.29. The van der Waals surface area contributed by atoms with Crippen molar-refractivity contribution in [3.63, 3.8) is 0 Å². The molecule has 1 aliphatic rings. The van der Waals surface area contributed by atoms with Gasteiger partial charge >= 0.3 is 0 Å². The van der Waals surface area contributed by atoms with Crippen LogP contribution < -0.4 is 5.32 Å². The van der Waals surface area contributed by atoms with Crippen LogP contribution in [-0.4, -0.2) is 24.0 Å². The minimum absolute atomic E-state index is 0. The van der Waals surface area contributed by atoms with E-state index in [9.17, 15) is 0 Å². The first-order chi connectivity index (χ1) is 11.2. The summed E-state index contributed by atoms with van der Waals surface area (Å²) < 4.78 is 0. The summed E-state index contributed by atoms with van der Waals surface area (Å²) in [7, 11) is 0. The van der Waals surface area contributed by atoms with Crippen molar-refractivity contribution >= 4 is 12.4 Å². The minimum atomic E-state index is 0. The molecule has 130 valence electrons. The van der Waals surface area contributed by atoms with Crippen LogP contribution in [0.3, 0.4) is 0 Å². The van der Waals surface area contributed by atoms with Crippen molar-refractivity contribution < 1.29 is 0 Å². The van der Waals surface area contributed by atoms with Gasteiger partial charge in [-0.15, -0.1) is 12.4 Å². The Labute approximate surface area is 152 Å². The summed E-state index contributed by atoms with van der Waals surface area (Å²) in [5.74, 6) is 0. The Morgan fingerprint density at radius 1 is 0.875 bits per heavy atom. The maximum atomic E-state index is 3.64. The van der Waals surface area contributed by atoms with Crippen molar-refractivity contribution in [2.75, 3.05) is 13.1 Å². The highest BCUT2D eigenvalue weighted by atomic mass is 35.5. The predicted octanol–water partition coefficient (Wildman–Crippen LogP) is 4.48. The van der Waals surface area contributed by atoms with Crippen LogP contribution in [0.5, 0.6) is 0 Å². The Morgan fingerprint density at radius 3 is 1.79 bits per heavy atom. The molecule has 24 heavy (non-hydrogen) atoms. The Morgan fingerprint density at radius 2 is 1.38 bits per heavy atom. The molecule has 3 heteroatoms. The van der Waals surface area contributed by atoms with Crippen LogP contribution >= 0.6 is 12.4 Å². The second kappa shape index (κ2) is 9.22. The van der Waals surface area contributed by atoms with E-state index in [1.54, 1.807) is 0 Å². The van der Waals surface area contributed by atoms with Crippen LogP contribution in [0.1, 0.15) is 35.1 Å². The Balaban J connectivity index is 0.00000208. The van der Waals surface area contributed by atoms with Gasteiger partial charge in [-0.25, -0.2) is 0 Å². The number of nitrogens with one attached hydrogen (secondary N) is 1. The molecule has 1 unspecified atom stereocenters. The molecule has 0 aromatic heterocycles. The van der Waals surface area contributed by atoms with Crippen LogP contribution in [0.15, 0.2) is 48.5 Å². The maximum Gasteiger partial charge on any atom is 0.0237 e. The number of rotatable bonds is 6. The fraction of sp³-hybridized carbons (Fsp3) is 0.429. The van der Waals surface area contributed by atoms with E-state index in [1.807, 2.05) is 0 Å². The second-order valence-electron chi connectivity index (χ2n) is 6.93. The number of hydrogen-bond acceptors (Lipinski definition) is 2. The zero-order valence-electron chi connectivity index (χ0n) is 14.8. The van der Waals surface area contributed by atoms with Crippen LogP contribution in [0, 0.1) is 13.8 Å². The number of benzene rings is 2. The molecular formula is C21H29ClN2. The summed E-state index contributed by atoms with van der Waals surface area (Å²) in [5, 5.41) is 3.64. The highest BCUT2D eigenvalue weighted by Gasteiger charge is 2.18. The van der Waals surface area contributed by atoms with Gasteiger partial charge in [-0.2, -0.15) is 0 Å². The molecule has 0 amide bonds. The molecule has 0 spiro atoms. The van der Waals surface area contributed by atoms with E-state index < -0.39 is 0 Å². The standard InChI is InChI=1S/C21H28N2.ClH/c1-17-5-9-19(10-6-17)14-23(16-21-4-3-13-22-21)15-20-11-7-18(2)8-12-20;/h5-12,21-22H,3-4,13-16H2,1-2H3;1H. The van der Waals surface area contributed by atoms with Crippen molar-refractivity contribution in [2.45, 2.75) is 45.8 Å². The van der Waals surface area contributed by atoms with Gasteiger partial charge in [0.1, 0.15) is 0 Å². The fourth-order valence-electron chi connectivity index (χ4n) is 3.31. The van der Waals surface area contributed by atoms with E-state index >= 15 is 0 Å². The maximum absolute atomic E-state index is 3.64. The van der Waals surface area contributed by atoms with Crippen LogP contribution in [-0.2, 0) is 13.1 Å². The number of aryl methyl sites for hydroxylation is 2. The van der Waals surface area contributed by atoms with Crippen molar-refractivity contribution in [1.29, 1.82) is 0 Å². The van der Waals surface area contributed by atoms with Crippen LogP contribution in [0.25, 0.3) is 0 Å². The second-order valence-corrected chi connectivity index (χ2v) is 6.93. The van der Waals surface area contributed by atoms with Crippen molar-refractivity contribution in [3.05, 3.63) is 70.8 Å². The normalized spacial score (nSPS) is 17.0. The van der Waals surface area contributed by atoms with Crippen molar-refractivity contribution in [1.82, 2.24) is 10.2 Å². The van der Waals surface area contributed by atoms with Crippen LogP contribution in [0.2, 0.25) is 0 Å². The van der Waals surface area contributed by atoms with Gasteiger partial charge in [-0.3, -0.25) is 4.90 Å². The first-order valence-corrected chi connectivity index (χ1v) is 8.76. The van der Waals surface area contributed by atoms with E-state index in [-0.39, 0.29) is 12.4 Å². The van der Waals surface area contributed by atoms with Gasteiger partial charge in [0, 0.05) is 25.7 Å². The molecule has 2 aromatic rings. The van der Waals surface area contributed by atoms with Gasteiger partial charge in [-0.05, 0) is 44.4 Å². The Bertz CT molecular complexity index is 553. The van der Waals surface area contributed by atoms with Crippen LogP contribution in [0.4, 0.5) is 0 Å². The lowest BCUT2D eigenvalue weighted by Gasteiger charge is -2.26. The van der Waals surface area contributed by atoms with Gasteiger partial charge in [0.25, 0.3) is 0 Å². The lowest BCUT2D eigenvalue weighted by molar-refractivity contribution is 0.233. The molecule has 1 N–H and O–H groups in total. The molecule has 1 saturated heterocycles. The highest BCUT2D eigenvalue weighted by Crippen LogP contribution is 2.15. The largest absolute Gasteiger partial charge is 0.313 e. The monoisotopic (exact) mass is 344 g/mol. The van der Waals surface area contributed by atoms with E-state index in [0.29, 0.717) is 6.04 Å². The van der Waals surface area contributed by atoms with Gasteiger partial charge in [0.15, 0.2) is 0 Å². The van der Waals surface area contributed by atoms with Gasteiger partial charge in [0.2, 0.25) is 0 Å². The summed E-state index contributed by atoms with van der Waals surface area (Å²) in [6.45, 7) is 8.64. The van der Waals surface area contributed by atoms with E-state index in [4.69, 9.17) is 0 Å². The lowest BCUT2D eigenvalue weighted by atomic mass is 10.1. The predicted molar refractivity (Wildman–Crippen MR) is 105 cm³/mol. The topological polar surface area (TPSA) is 15.3 Å². The molecule has 1 aliphatic heterocycles. The summed E-state index contributed by atoms with van der Waals surface area (Å²) in [6, 6.07) is 18.6. The minimum Gasteiger partial charge on any atom is -0.313 e. The zero-order chi connectivity index (χ0) is 16.1. The van der Waals surface area contributed by atoms with Gasteiger partial charge in [-0.1, -0.05) is 59.7 Å². The molecule has 0 saturated carbocycles. The molecule has 0 aliphatic carbocycles. The Hall–Kier alpha value is -1.35. The first kappa shape index (κ1) is 19.0. The number of nitrogens with zero attached hydrogens (tertiary/aromatic N) is 1. The van der Waals surface area contributed by atoms with Gasteiger partial charge < -0.3 is 5.32 Å². The molecule has 2 aromatic carbocycles. The first-order valence-electron chi connectivity index (χ1n) is 8.76. The number of halogens is 1. The summed E-state index contributed by atoms with van der Waals surface area (Å²) >= 11 is 0. The van der Waals surface area contributed by atoms with Gasteiger partial charge in [0.05, 0.1) is 0 Å². The molecule has 1 fully saturated rings. The molecule has 1 heterocycles. The molecule has 2 nitrogen and oxygen atoms in total. The smallest absolute Gasteiger partial charge is 0.0237 e. The third-order valence-electron chi connectivity index (χ3n) is 4.69. The summed E-state index contributed by atoms with van der Waals surface area (Å²) in [6.07, 6.45) is 2.62. The van der Waals surface area contributed by atoms with E-state index in [1.165, 1.54) is 41.6 Å². The van der Waals surface area contributed by atoms with E-state index in [2.05, 4.69) is 72.6 Å². The van der Waals surface area contributed by atoms with Crippen molar-refractivity contribution in [3.8, 4) is 0 Å². The molecule has 1 atom stereocenters. The molecular weight excluding hydrogens is 316 g/mol. The molecule has 0 bridgehead atoms. The third kappa shape index (κ3) is 5.62. The summed E-state index contributed by atoms with van der Waals surface area (Å²) in [5.41, 5.74) is 5.47. The summed E-state index contributed by atoms with van der Waals surface area (Å²) in [4.78, 5) is 2.58. The lowest BCUT2D eigenvalue weighted by Crippen LogP contribution is -2.36.